The number of imide groups is 3. The highest BCUT2D eigenvalue weighted by Crippen LogP contribution is 2.87. The van der Waals surface area contributed by atoms with Crippen LogP contribution in [-0.4, -0.2) is 138 Å². The molecule has 12 unspecified atom stereocenters. The van der Waals surface area contributed by atoms with Crippen LogP contribution in [0.2, 0.25) is 0 Å². The quantitative estimate of drug-likeness (QED) is 0.0306. The molecule has 0 spiro atoms. The molecule has 0 aromatic heterocycles. The minimum Gasteiger partial charge on any atom is -0.444 e. The number of unbranched alkanes of at least 4 members (excludes halogenated alkanes) is 7. The molecule has 9 aromatic carbocycles. The van der Waals surface area contributed by atoms with E-state index >= 15 is 4.79 Å². The smallest absolute Gasteiger partial charge is 0.407 e. The summed E-state index contributed by atoms with van der Waals surface area (Å²) in [5.41, 5.74) is 6.34. The number of Topliss-reactive ketones (excluding diaryl/α,β-unsaturated/α-hetero) is 4. The number of halogens is 3. The Morgan fingerprint density at radius 3 is 0.958 bits per heavy atom. The Labute approximate surface area is 865 Å². The molecule has 0 radical (unpaired) electrons. The van der Waals surface area contributed by atoms with E-state index in [9.17, 15) is 52.7 Å². The van der Waals surface area contributed by atoms with Crippen LogP contribution >= 0.6 is 47.8 Å². The molecule has 8 amide bonds. The van der Waals surface area contributed by atoms with Crippen LogP contribution in [0, 0.1) is 56.7 Å². The SMILES string of the molecule is CC(C)(C)OC(=O)NCCCCCN1C(=O)C2C3(C)C(=O)C(C)(C(c4ccccc4)=C3c3ccccc3)C2(Br)C1=O.CC(C)(C)OC(=O)NCCCCCN1C(=O)C=C(Br)C1=O.CC1=C(c2ccccc2)C2(c3ccccc3)C3(C)C(=O)C(C)(C(c4ccccc4)=C3c3ccccc3)C2(C)C1=O.CCCCCCN1C(=O)C2C3(C)C(=O)C(C)(C(c4ccccc4)=C3c3ccccc3)C2(Br)C1=O.Cc1ccccc1. The van der Waals surface area contributed by atoms with E-state index in [-0.39, 0.29) is 65.1 Å². The fourth-order valence-corrected chi connectivity index (χ4v) is 28.2. The molecule has 22 heteroatoms. The van der Waals surface area contributed by atoms with E-state index in [1.54, 1.807) is 0 Å². The first kappa shape index (κ1) is 105. The molecule has 2 N–H and O–H groups in total. The predicted molar refractivity (Wildman–Crippen MR) is 572 cm³/mol. The second-order valence-electron chi connectivity index (χ2n) is 42.1. The number of fused-ring (bicyclic) bond motifs is 15. The summed E-state index contributed by atoms with van der Waals surface area (Å²) in [6.45, 7) is 32.7. The second kappa shape index (κ2) is 40.8. The number of amides is 8. The number of carbonyl (C=O) groups is 12. The third kappa shape index (κ3) is 17.0. The zero-order valence-electron chi connectivity index (χ0n) is 84.5. The molecule has 6 bridgehead atoms. The third-order valence-corrected chi connectivity index (χ3v) is 35.1. The Bertz CT molecular complexity index is 6640. The molecular weight excluding hydrogens is 1990 g/mol. The second-order valence-corrected chi connectivity index (χ2v) is 45.5. The number of rotatable bonds is 25. The van der Waals surface area contributed by atoms with Gasteiger partial charge in [0.1, 0.15) is 19.9 Å². The average molecular weight is 2120 g/mol. The Hall–Kier alpha value is -12.2. The number of nitrogens with one attached hydrogen (secondary N) is 2. The molecule has 3 aliphatic heterocycles. The molecule has 9 aromatic rings. The van der Waals surface area contributed by atoms with Gasteiger partial charge in [0.25, 0.3) is 11.8 Å². The summed E-state index contributed by atoms with van der Waals surface area (Å²) >= 11 is 10.6. The number of aryl methyl sites for hydroxylation is 1. The highest BCUT2D eigenvalue weighted by molar-refractivity contribution is 9.12. The molecule has 2 saturated heterocycles. The van der Waals surface area contributed by atoms with Gasteiger partial charge in [-0.25, -0.2) is 9.59 Å². The highest BCUT2D eigenvalue weighted by atomic mass is 79.9. The van der Waals surface area contributed by atoms with Crippen molar-refractivity contribution in [2.24, 2.45) is 49.7 Å². The van der Waals surface area contributed by atoms with Crippen molar-refractivity contribution >= 4 is 158 Å². The number of benzene rings is 9. The van der Waals surface area contributed by atoms with E-state index in [0.29, 0.717) is 56.3 Å². The first-order valence-electron chi connectivity index (χ1n) is 49.8. The number of carbonyl (C=O) groups excluding carboxylic acids is 12. The molecule has 5 fully saturated rings. The normalized spacial score (nSPS) is 27.2. The Morgan fingerprint density at radius 1 is 0.357 bits per heavy atom. The van der Waals surface area contributed by atoms with Gasteiger partial charge in [0.2, 0.25) is 23.6 Å². The van der Waals surface area contributed by atoms with Crippen LogP contribution in [0.15, 0.2) is 289 Å². The third-order valence-electron chi connectivity index (χ3n) is 31.4. The van der Waals surface area contributed by atoms with E-state index in [0.717, 1.165) is 128 Å². The number of ketones is 4. The first-order chi connectivity index (χ1) is 67.9. The maximum absolute atomic E-state index is 15.4. The summed E-state index contributed by atoms with van der Waals surface area (Å²) < 4.78 is 8.02. The lowest BCUT2D eigenvalue weighted by molar-refractivity contribution is -0.145. The fraction of sp³-hybridized carbons (Fsp3) is 0.372. The molecule has 7 aliphatic carbocycles. The number of ether oxygens (including phenoxy) is 2. The van der Waals surface area contributed by atoms with Gasteiger partial charge < -0.3 is 20.1 Å². The van der Waals surface area contributed by atoms with Crippen LogP contribution < -0.4 is 10.6 Å². The number of alkyl halides is 2. The van der Waals surface area contributed by atoms with Gasteiger partial charge >= 0.3 is 12.2 Å². The van der Waals surface area contributed by atoms with Crippen LogP contribution in [0.4, 0.5) is 9.59 Å². The summed E-state index contributed by atoms with van der Waals surface area (Å²) in [4.78, 5) is 165. The number of hydrogen-bond donors (Lipinski definition) is 2. The number of nitrogens with zero attached hydrogens (tertiary/aromatic N) is 3. The van der Waals surface area contributed by atoms with Crippen molar-refractivity contribution in [1.82, 2.24) is 25.3 Å². The first-order valence-corrected chi connectivity index (χ1v) is 52.2. The van der Waals surface area contributed by atoms with Gasteiger partial charge in [-0.05, 0) is 254 Å². The molecule has 10 aliphatic rings. The summed E-state index contributed by atoms with van der Waals surface area (Å²) in [7, 11) is 0. The van der Waals surface area contributed by atoms with Gasteiger partial charge in [0, 0.05) is 38.8 Å². The van der Waals surface area contributed by atoms with Crippen LogP contribution in [0.1, 0.15) is 218 Å². The van der Waals surface area contributed by atoms with Gasteiger partial charge in [-0.3, -0.25) is 62.6 Å². The van der Waals surface area contributed by atoms with E-state index in [4.69, 9.17) is 9.47 Å². The largest absolute Gasteiger partial charge is 0.444 e. The van der Waals surface area contributed by atoms with Crippen molar-refractivity contribution in [2.75, 3.05) is 32.7 Å². The van der Waals surface area contributed by atoms with Crippen molar-refractivity contribution in [2.45, 2.75) is 200 Å². The van der Waals surface area contributed by atoms with Crippen molar-refractivity contribution in [3.8, 4) is 0 Å². The number of alkyl carbamates (subject to hydrolysis) is 2. The minimum atomic E-state index is -1.37. The number of allylic oxidation sites excluding steroid dienone is 8. The summed E-state index contributed by atoms with van der Waals surface area (Å²) in [6.07, 6.45) is 8.59. The van der Waals surface area contributed by atoms with E-state index in [1.807, 2.05) is 288 Å². The molecule has 143 heavy (non-hydrogen) atoms. The minimum absolute atomic E-state index is 0.0492. The van der Waals surface area contributed by atoms with Gasteiger partial charge in [0.05, 0.1) is 59.6 Å². The number of likely N-dealkylation sites (tertiary alicyclic amines) is 2. The van der Waals surface area contributed by atoms with E-state index < -0.39 is 87.2 Å². The highest BCUT2D eigenvalue weighted by Gasteiger charge is 2.90. The predicted octanol–water partition coefficient (Wildman–Crippen LogP) is 24.5. The van der Waals surface area contributed by atoms with Gasteiger partial charge in [-0.1, -0.05) is 337 Å². The molecule has 19 rings (SSSR count). The summed E-state index contributed by atoms with van der Waals surface area (Å²) in [5.74, 6) is -3.28. The fourth-order valence-electron chi connectivity index (χ4n) is 25.3. The lowest BCUT2D eigenvalue weighted by Gasteiger charge is -2.55. The zero-order valence-corrected chi connectivity index (χ0v) is 89.3. The molecule has 19 nitrogen and oxygen atoms in total. The summed E-state index contributed by atoms with van der Waals surface area (Å²) in [5, 5.41) is 5.41. The Kier molecular flexibility index (Phi) is 29.9. The maximum atomic E-state index is 15.4. The lowest BCUT2D eigenvalue weighted by atomic mass is 9.43. The van der Waals surface area contributed by atoms with Crippen molar-refractivity contribution < 1.29 is 67.0 Å². The van der Waals surface area contributed by atoms with Gasteiger partial charge in [-0.15, -0.1) is 0 Å². The topological polar surface area (TPSA) is 257 Å². The van der Waals surface area contributed by atoms with Gasteiger partial charge in [-0.2, -0.15) is 0 Å². The molecule has 3 saturated carbocycles. The van der Waals surface area contributed by atoms with Crippen molar-refractivity contribution in [3.05, 3.63) is 339 Å². The van der Waals surface area contributed by atoms with E-state index in [2.05, 4.69) is 154 Å². The van der Waals surface area contributed by atoms with Crippen molar-refractivity contribution in [1.29, 1.82) is 0 Å². The Morgan fingerprint density at radius 2 is 0.650 bits per heavy atom. The van der Waals surface area contributed by atoms with Crippen LogP contribution in [0.25, 0.3) is 39.0 Å². The Balaban J connectivity index is 0.000000143. The van der Waals surface area contributed by atoms with Gasteiger partial charge in [0.15, 0.2) is 23.1 Å². The maximum Gasteiger partial charge on any atom is 0.407 e. The monoisotopic (exact) mass is 2110 g/mol. The van der Waals surface area contributed by atoms with E-state index in [1.165, 1.54) is 26.3 Å². The molecule has 12 atom stereocenters. The van der Waals surface area contributed by atoms with Crippen molar-refractivity contribution in [3.63, 3.8) is 0 Å². The summed E-state index contributed by atoms with van der Waals surface area (Å²) in [6, 6.07) is 90.5. The average Bonchev–Trinajstić information content (AvgIpc) is 1.43. The molecule has 742 valence electrons. The lowest BCUT2D eigenvalue weighted by Crippen LogP contribution is -2.56. The number of hydrogen-bond acceptors (Lipinski definition) is 14. The zero-order chi connectivity index (χ0) is 103. The van der Waals surface area contributed by atoms with Crippen LogP contribution in [0.5, 0.6) is 0 Å². The van der Waals surface area contributed by atoms with Crippen LogP contribution in [0.3, 0.4) is 0 Å². The molecule has 3 heterocycles. The van der Waals surface area contributed by atoms with Crippen LogP contribution in [-0.2, 0) is 62.8 Å². The standard InChI is InChI=1S/C38H32O2.C33H37BrN2O5.C29H30BrNO3.C14H21BrN2O4.C7H8/c1-25-30(26-17-9-5-10-18-26)38(29-23-15-8-16-24-29)36(3)32(28-21-13-7-14-22-28)31(27-19-11-6-12-20-27)35(2,34(36)40)37(38,4)33(25)39;1-30(2,3)41-29(40)35-19-13-8-14-20-36-26(37)25-31(4)23(21-15-9-6-10-16-21)24(22-17-11-7-12-18-22)32(5,27(31)38)33(25,34)28(36)39;1-4-5-6-13-18-31-24(32)23-27(2)21(19-14-9-7-10-15-19)22(20-16-11-8-12-17-20)28(3,25(27)33)29(23,30)26(31)34;1-14(2,3)21-13(20)16-7-5-4-6-8-17-11(18)9-10(15)12(17)19;1-7-5-3-2-4-6-7/h5-24H,1-4H3;6-7,9-12,15-18,25H,8,13-14,19-20H2,1-5H3,(H,35,40);7-12,14-17,23H,4-6,13,18H2,1-3H3;9H,4-8H2,1-3H3,(H,16,20);2-6H,1H3. The molecular formula is C121H128Br3N5O14.